The summed E-state index contributed by atoms with van der Waals surface area (Å²) >= 11 is 0. The van der Waals surface area contributed by atoms with Gasteiger partial charge in [-0.25, -0.2) is 0 Å². The van der Waals surface area contributed by atoms with Crippen molar-refractivity contribution in [1.29, 1.82) is 0 Å². The standard InChI is InChI=1S/C18H26N2O/c1-2-8-17-15(6-1)12-19-18(9-3-4-10-18)14-20(17)13-16-7-5-11-21-16/h1-2,6,8,16,19H,3-5,7,9-14H2. The Morgan fingerprint density at radius 2 is 2.05 bits per heavy atom. The molecule has 1 saturated carbocycles. The summed E-state index contributed by atoms with van der Waals surface area (Å²) in [6, 6.07) is 8.91. The van der Waals surface area contributed by atoms with Gasteiger partial charge < -0.3 is 15.0 Å². The quantitative estimate of drug-likeness (QED) is 0.904. The van der Waals surface area contributed by atoms with Crippen LogP contribution in [0.3, 0.4) is 0 Å². The van der Waals surface area contributed by atoms with Crippen LogP contribution in [0.5, 0.6) is 0 Å². The van der Waals surface area contributed by atoms with Gasteiger partial charge in [-0.05, 0) is 37.3 Å². The topological polar surface area (TPSA) is 24.5 Å². The van der Waals surface area contributed by atoms with Gasteiger partial charge in [0.15, 0.2) is 0 Å². The van der Waals surface area contributed by atoms with Crippen LogP contribution in [-0.4, -0.2) is 31.3 Å². The maximum Gasteiger partial charge on any atom is 0.0750 e. The lowest BCUT2D eigenvalue weighted by atomic mass is 9.97. The summed E-state index contributed by atoms with van der Waals surface area (Å²) in [4.78, 5) is 2.61. The molecule has 21 heavy (non-hydrogen) atoms. The molecule has 1 N–H and O–H groups in total. The average molecular weight is 286 g/mol. The second kappa shape index (κ2) is 5.62. The molecule has 1 aromatic carbocycles. The normalized spacial score (nSPS) is 27.8. The van der Waals surface area contributed by atoms with Crippen LogP contribution in [-0.2, 0) is 11.3 Å². The summed E-state index contributed by atoms with van der Waals surface area (Å²) < 4.78 is 5.90. The van der Waals surface area contributed by atoms with Gasteiger partial charge in [-0.15, -0.1) is 0 Å². The summed E-state index contributed by atoms with van der Waals surface area (Å²) in [5, 5.41) is 3.89. The third-order valence-corrected chi connectivity index (χ3v) is 5.49. The van der Waals surface area contributed by atoms with E-state index in [9.17, 15) is 0 Å². The summed E-state index contributed by atoms with van der Waals surface area (Å²) in [7, 11) is 0. The zero-order valence-corrected chi connectivity index (χ0v) is 12.8. The number of hydrogen-bond acceptors (Lipinski definition) is 3. The summed E-state index contributed by atoms with van der Waals surface area (Å²) in [6.07, 6.45) is 8.26. The minimum Gasteiger partial charge on any atom is -0.376 e. The van der Waals surface area contributed by atoms with Crippen molar-refractivity contribution in [1.82, 2.24) is 5.32 Å². The van der Waals surface area contributed by atoms with E-state index >= 15 is 0 Å². The van der Waals surface area contributed by atoms with Crippen molar-refractivity contribution in [3.63, 3.8) is 0 Å². The molecule has 2 heterocycles. The molecule has 0 radical (unpaired) electrons. The number of fused-ring (bicyclic) bond motifs is 1. The first-order valence-corrected chi connectivity index (χ1v) is 8.54. The van der Waals surface area contributed by atoms with Gasteiger partial charge in [0.05, 0.1) is 6.10 Å². The van der Waals surface area contributed by atoms with Crippen molar-refractivity contribution in [2.75, 3.05) is 24.6 Å². The lowest BCUT2D eigenvalue weighted by molar-refractivity contribution is 0.114. The van der Waals surface area contributed by atoms with E-state index in [1.807, 2.05) is 0 Å². The first-order chi connectivity index (χ1) is 10.3. The fourth-order valence-corrected chi connectivity index (χ4v) is 4.34. The second-order valence-corrected chi connectivity index (χ2v) is 6.99. The number of para-hydroxylation sites is 1. The zero-order chi connectivity index (χ0) is 14.1. The molecule has 114 valence electrons. The highest BCUT2D eigenvalue weighted by molar-refractivity contribution is 5.55. The van der Waals surface area contributed by atoms with Crippen molar-refractivity contribution in [3.8, 4) is 0 Å². The van der Waals surface area contributed by atoms with Gasteiger partial charge in [0.2, 0.25) is 0 Å². The monoisotopic (exact) mass is 286 g/mol. The fourth-order valence-electron chi connectivity index (χ4n) is 4.34. The van der Waals surface area contributed by atoms with Crippen LogP contribution >= 0.6 is 0 Å². The lowest BCUT2D eigenvalue weighted by Gasteiger charge is -2.36. The molecule has 1 saturated heterocycles. The summed E-state index contributed by atoms with van der Waals surface area (Å²) in [5.74, 6) is 0. The van der Waals surface area contributed by atoms with Crippen molar-refractivity contribution >= 4 is 5.69 Å². The van der Waals surface area contributed by atoms with E-state index in [0.717, 1.165) is 26.2 Å². The van der Waals surface area contributed by atoms with Crippen LogP contribution in [0.1, 0.15) is 44.1 Å². The molecular weight excluding hydrogens is 260 g/mol. The maximum absolute atomic E-state index is 5.90. The molecule has 4 rings (SSSR count). The largest absolute Gasteiger partial charge is 0.376 e. The highest BCUT2D eigenvalue weighted by atomic mass is 16.5. The van der Waals surface area contributed by atoms with E-state index in [4.69, 9.17) is 4.74 Å². The van der Waals surface area contributed by atoms with Crippen molar-refractivity contribution in [2.45, 2.75) is 56.7 Å². The van der Waals surface area contributed by atoms with Gasteiger partial charge in [-0.2, -0.15) is 0 Å². The predicted octanol–water partition coefficient (Wildman–Crippen LogP) is 3.09. The molecule has 3 nitrogen and oxygen atoms in total. The number of benzene rings is 1. The van der Waals surface area contributed by atoms with Crippen LogP contribution < -0.4 is 10.2 Å². The molecule has 3 heteroatoms. The van der Waals surface area contributed by atoms with Crippen LogP contribution in [0.4, 0.5) is 5.69 Å². The fraction of sp³-hybridized carbons (Fsp3) is 0.667. The first kappa shape index (κ1) is 13.6. The van der Waals surface area contributed by atoms with Gasteiger partial charge in [0.25, 0.3) is 0 Å². The third-order valence-electron chi connectivity index (χ3n) is 5.49. The molecule has 1 unspecified atom stereocenters. The molecule has 0 bridgehead atoms. The summed E-state index contributed by atoms with van der Waals surface area (Å²) in [6.45, 7) is 4.16. The van der Waals surface area contributed by atoms with E-state index in [-0.39, 0.29) is 0 Å². The minimum atomic E-state index is 0.331. The molecule has 3 aliphatic rings. The molecule has 1 spiro atoms. The Hall–Kier alpha value is -1.06. The molecule has 1 aliphatic carbocycles. The van der Waals surface area contributed by atoms with Gasteiger partial charge in [-0.1, -0.05) is 31.0 Å². The number of rotatable bonds is 2. The summed E-state index contributed by atoms with van der Waals surface area (Å²) in [5.41, 5.74) is 3.20. The van der Waals surface area contributed by atoms with E-state index in [1.54, 1.807) is 0 Å². The van der Waals surface area contributed by atoms with Gasteiger partial charge in [0, 0.05) is 37.5 Å². The Balaban J connectivity index is 1.62. The van der Waals surface area contributed by atoms with E-state index in [1.165, 1.54) is 49.8 Å². The van der Waals surface area contributed by atoms with Crippen molar-refractivity contribution in [3.05, 3.63) is 29.8 Å². The Morgan fingerprint density at radius 1 is 1.19 bits per heavy atom. The van der Waals surface area contributed by atoms with E-state index in [0.29, 0.717) is 11.6 Å². The first-order valence-electron chi connectivity index (χ1n) is 8.54. The third kappa shape index (κ3) is 2.69. The smallest absolute Gasteiger partial charge is 0.0750 e. The minimum absolute atomic E-state index is 0.331. The Kier molecular flexibility index (Phi) is 3.64. The van der Waals surface area contributed by atoms with Crippen molar-refractivity contribution < 1.29 is 4.74 Å². The molecule has 0 aromatic heterocycles. The molecule has 2 aliphatic heterocycles. The number of nitrogens with one attached hydrogen (secondary N) is 1. The van der Waals surface area contributed by atoms with Crippen molar-refractivity contribution in [2.24, 2.45) is 0 Å². The Labute approximate surface area is 127 Å². The number of nitrogens with zero attached hydrogens (tertiary/aromatic N) is 1. The van der Waals surface area contributed by atoms with Crippen LogP contribution in [0.2, 0.25) is 0 Å². The maximum atomic E-state index is 5.90. The highest BCUT2D eigenvalue weighted by Crippen LogP contribution is 2.36. The molecule has 0 amide bonds. The van der Waals surface area contributed by atoms with Gasteiger partial charge in [-0.3, -0.25) is 0 Å². The van der Waals surface area contributed by atoms with Gasteiger partial charge in [0.1, 0.15) is 0 Å². The van der Waals surface area contributed by atoms with Gasteiger partial charge >= 0.3 is 0 Å². The van der Waals surface area contributed by atoms with E-state index in [2.05, 4.69) is 34.5 Å². The molecule has 2 fully saturated rings. The van der Waals surface area contributed by atoms with Crippen LogP contribution in [0, 0.1) is 0 Å². The second-order valence-electron chi connectivity index (χ2n) is 6.99. The highest BCUT2D eigenvalue weighted by Gasteiger charge is 2.38. The van der Waals surface area contributed by atoms with Crippen LogP contribution in [0.15, 0.2) is 24.3 Å². The molecule has 1 atom stereocenters. The number of anilines is 1. The number of hydrogen-bond donors (Lipinski definition) is 1. The lowest BCUT2D eigenvalue weighted by Crippen LogP contribution is -2.50. The average Bonchev–Trinajstić information content (AvgIpc) is 3.14. The SMILES string of the molecule is c1ccc2c(c1)CNC1(CCCC1)CN2CC1CCCO1. The number of ether oxygens (including phenoxy) is 1. The van der Waals surface area contributed by atoms with E-state index < -0.39 is 0 Å². The Bertz CT molecular complexity index is 490. The predicted molar refractivity (Wildman–Crippen MR) is 85.7 cm³/mol. The molecular formula is C18H26N2O. The zero-order valence-electron chi connectivity index (χ0n) is 12.8. The van der Waals surface area contributed by atoms with Crippen LogP contribution in [0.25, 0.3) is 0 Å². The molecule has 1 aromatic rings. The Morgan fingerprint density at radius 3 is 2.86 bits per heavy atom.